The number of rotatable bonds is 6. The molecule has 3 heterocycles. The van der Waals surface area contributed by atoms with Crippen molar-refractivity contribution in [3.05, 3.63) is 73.6 Å². The van der Waals surface area contributed by atoms with Crippen molar-refractivity contribution >= 4 is 5.97 Å². The lowest BCUT2D eigenvalue weighted by atomic mass is 10.1. The number of nitrogens with zero attached hydrogens (tertiary/aromatic N) is 5. The Morgan fingerprint density at radius 3 is 2.85 bits per heavy atom. The lowest BCUT2D eigenvalue weighted by Gasteiger charge is -2.16. The predicted octanol–water partition coefficient (Wildman–Crippen LogP) is 2.53. The number of halogens is 1. The summed E-state index contributed by atoms with van der Waals surface area (Å²) in [7, 11) is 0. The first-order valence-corrected chi connectivity index (χ1v) is 9.77. The number of H-pyrrole nitrogens is 1. The van der Waals surface area contributed by atoms with Gasteiger partial charge in [0.25, 0.3) is 5.56 Å². The first-order valence-electron chi connectivity index (χ1n) is 9.77. The van der Waals surface area contributed by atoms with Gasteiger partial charge in [0.2, 0.25) is 0 Å². The van der Waals surface area contributed by atoms with Crippen LogP contribution in [0.3, 0.4) is 0 Å². The molecule has 1 aromatic carbocycles. The number of carbonyl (C=O) groups is 1. The van der Waals surface area contributed by atoms with Gasteiger partial charge in [-0.3, -0.25) is 19.1 Å². The molecular weight excluding hydrogens is 439 g/mol. The SMILES string of the molecule is CC(=O)OC[C@H]1O[C@@H](n2cc(-c3cc(-c4ccc(F)cc4)on3)c(=O)[nH]c2=O)C[C@@H]1N=[N+]=[N-]. The van der Waals surface area contributed by atoms with E-state index in [1.807, 2.05) is 0 Å². The van der Waals surface area contributed by atoms with Gasteiger partial charge in [0, 0.05) is 36.1 Å². The maximum absolute atomic E-state index is 13.2. The third kappa shape index (κ3) is 4.68. The number of benzene rings is 1. The van der Waals surface area contributed by atoms with Crippen molar-refractivity contribution in [2.75, 3.05) is 6.61 Å². The third-order valence-corrected chi connectivity index (χ3v) is 5.05. The molecule has 0 unspecified atom stereocenters. The minimum atomic E-state index is -0.896. The van der Waals surface area contributed by atoms with E-state index in [-0.39, 0.29) is 24.3 Å². The highest BCUT2D eigenvalue weighted by molar-refractivity contribution is 5.66. The van der Waals surface area contributed by atoms with Crippen molar-refractivity contribution in [2.45, 2.75) is 31.7 Å². The largest absolute Gasteiger partial charge is 0.463 e. The summed E-state index contributed by atoms with van der Waals surface area (Å²) >= 11 is 0. The molecule has 3 aromatic rings. The molecule has 0 spiro atoms. The first-order chi connectivity index (χ1) is 15.9. The molecule has 1 saturated heterocycles. The van der Waals surface area contributed by atoms with E-state index in [1.165, 1.54) is 43.5 Å². The molecule has 2 aromatic heterocycles. The number of esters is 1. The van der Waals surface area contributed by atoms with Crippen LogP contribution in [0.1, 0.15) is 19.6 Å². The molecule has 12 nitrogen and oxygen atoms in total. The summed E-state index contributed by atoms with van der Waals surface area (Å²) < 4.78 is 30.3. The maximum Gasteiger partial charge on any atom is 0.330 e. The number of hydrogen-bond donors (Lipinski definition) is 1. The molecule has 33 heavy (non-hydrogen) atoms. The Hall–Kier alpha value is -4.22. The van der Waals surface area contributed by atoms with Gasteiger partial charge in [0.1, 0.15) is 30.4 Å². The summed E-state index contributed by atoms with van der Waals surface area (Å²) in [4.78, 5) is 41.0. The van der Waals surface area contributed by atoms with Crippen LogP contribution in [0.15, 0.2) is 55.8 Å². The van der Waals surface area contributed by atoms with Gasteiger partial charge in [-0.2, -0.15) is 0 Å². The number of azide groups is 1. The van der Waals surface area contributed by atoms with E-state index in [2.05, 4.69) is 20.2 Å². The molecule has 1 N–H and O–H groups in total. The van der Waals surface area contributed by atoms with Crippen LogP contribution in [0.2, 0.25) is 0 Å². The molecule has 0 bridgehead atoms. The molecule has 170 valence electrons. The average molecular weight is 456 g/mol. The third-order valence-electron chi connectivity index (χ3n) is 5.05. The summed E-state index contributed by atoms with van der Waals surface area (Å²) in [5, 5.41) is 7.54. The van der Waals surface area contributed by atoms with Gasteiger partial charge in [0.15, 0.2) is 5.76 Å². The van der Waals surface area contributed by atoms with Crippen LogP contribution in [0.25, 0.3) is 33.0 Å². The predicted molar refractivity (Wildman–Crippen MR) is 110 cm³/mol. The fraction of sp³-hybridized carbons (Fsp3) is 0.300. The van der Waals surface area contributed by atoms with Crippen molar-refractivity contribution in [3.8, 4) is 22.6 Å². The van der Waals surface area contributed by atoms with Gasteiger partial charge in [-0.05, 0) is 29.8 Å². The Labute approximate surface area is 184 Å². The second kappa shape index (κ2) is 9.10. The number of hydrogen-bond acceptors (Lipinski definition) is 8. The number of nitrogens with one attached hydrogen (secondary N) is 1. The van der Waals surface area contributed by atoms with Crippen molar-refractivity contribution in [1.82, 2.24) is 14.7 Å². The van der Waals surface area contributed by atoms with Crippen molar-refractivity contribution in [2.24, 2.45) is 5.11 Å². The van der Waals surface area contributed by atoms with Gasteiger partial charge < -0.3 is 14.0 Å². The molecule has 1 fully saturated rings. The molecule has 0 amide bonds. The quantitative estimate of drug-likeness (QED) is 0.257. The average Bonchev–Trinajstić information content (AvgIpc) is 3.41. The molecule has 0 saturated carbocycles. The molecule has 13 heteroatoms. The highest BCUT2D eigenvalue weighted by Crippen LogP contribution is 2.31. The smallest absolute Gasteiger partial charge is 0.330 e. The molecule has 1 aliphatic rings. The van der Waals surface area contributed by atoms with E-state index in [0.717, 1.165) is 4.57 Å². The van der Waals surface area contributed by atoms with Gasteiger partial charge >= 0.3 is 11.7 Å². The molecule has 0 radical (unpaired) electrons. The zero-order chi connectivity index (χ0) is 23.5. The van der Waals surface area contributed by atoms with Crippen molar-refractivity contribution in [1.29, 1.82) is 0 Å². The molecular formula is C20H17FN6O6. The molecule has 3 atom stereocenters. The molecule has 0 aliphatic carbocycles. The lowest BCUT2D eigenvalue weighted by molar-refractivity contribution is -0.146. The second-order valence-corrected chi connectivity index (χ2v) is 7.23. The highest BCUT2D eigenvalue weighted by atomic mass is 19.1. The van der Waals surface area contributed by atoms with Crippen LogP contribution in [-0.2, 0) is 14.3 Å². The summed E-state index contributed by atoms with van der Waals surface area (Å²) in [6.45, 7) is 1.07. The van der Waals surface area contributed by atoms with E-state index >= 15 is 0 Å². The Kier molecular flexibility index (Phi) is 6.07. The summed E-state index contributed by atoms with van der Waals surface area (Å²) in [6, 6.07) is 6.29. The minimum Gasteiger partial charge on any atom is -0.463 e. The number of carbonyl (C=O) groups excluding carboxylic acids is 1. The van der Waals surface area contributed by atoms with E-state index < -0.39 is 41.4 Å². The van der Waals surface area contributed by atoms with Gasteiger partial charge in [-0.25, -0.2) is 9.18 Å². The van der Waals surface area contributed by atoms with Gasteiger partial charge in [-0.1, -0.05) is 10.3 Å². The van der Waals surface area contributed by atoms with E-state index in [0.29, 0.717) is 11.3 Å². The van der Waals surface area contributed by atoms with Crippen LogP contribution < -0.4 is 11.2 Å². The van der Waals surface area contributed by atoms with Crippen LogP contribution in [0, 0.1) is 5.82 Å². The molecule has 4 rings (SSSR count). The molecule has 1 aliphatic heterocycles. The van der Waals surface area contributed by atoms with Crippen LogP contribution in [0.5, 0.6) is 0 Å². The Bertz CT molecular complexity index is 1340. The highest BCUT2D eigenvalue weighted by Gasteiger charge is 2.37. The van der Waals surface area contributed by atoms with E-state index in [4.69, 9.17) is 19.5 Å². The summed E-state index contributed by atoms with van der Waals surface area (Å²) in [5.74, 6) is -0.651. The van der Waals surface area contributed by atoms with Crippen LogP contribution in [0.4, 0.5) is 4.39 Å². The topological polar surface area (TPSA) is 165 Å². The number of aromatic nitrogens is 3. The van der Waals surface area contributed by atoms with E-state index in [1.54, 1.807) is 0 Å². The Morgan fingerprint density at radius 1 is 1.39 bits per heavy atom. The zero-order valence-corrected chi connectivity index (χ0v) is 17.2. The van der Waals surface area contributed by atoms with Crippen molar-refractivity contribution < 1.29 is 23.2 Å². The van der Waals surface area contributed by atoms with E-state index in [9.17, 15) is 18.8 Å². The van der Waals surface area contributed by atoms with Gasteiger partial charge in [-0.15, -0.1) is 0 Å². The van der Waals surface area contributed by atoms with Crippen LogP contribution in [-0.4, -0.2) is 39.4 Å². The normalized spacial score (nSPS) is 19.8. The Morgan fingerprint density at radius 2 is 2.15 bits per heavy atom. The zero-order valence-electron chi connectivity index (χ0n) is 17.2. The summed E-state index contributed by atoms with van der Waals surface area (Å²) in [5.41, 5.74) is 8.09. The first kappa shape index (κ1) is 22.0. The lowest BCUT2D eigenvalue weighted by Crippen LogP contribution is -2.33. The fourth-order valence-electron chi connectivity index (χ4n) is 3.46. The second-order valence-electron chi connectivity index (χ2n) is 7.23. The number of ether oxygens (including phenoxy) is 2. The summed E-state index contributed by atoms with van der Waals surface area (Å²) in [6.07, 6.45) is -0.289. The number of aromatic amines is 1. The Balaban J connectivity index is 1.65. The fourth-order valence-corrected chi connectivity index (χ4v) is 3.46. The van der Waals surface area contributed by atoms with Crippen molar-refractivity contribution in [3.63, 3.8) is 0 Å². The monoisotopic (exact) mass is 456 g/mol. The maximum atomic E-state index is 13.2. The van der Waals surface area contributed by atoms with Gasteiger partial charge in [0.05, 0.1) is 11.6 Å². The minimum absolute atomic E-state index is 0.0269. The van der Waals surface area contributed by atoms with Crippen LogP contribution >= 0.6 is 0 Å². The standard InChI is InChI=1S/C20H17FN6O6/c1-10(28)31-9-17-15(24-26-22)7-18(32-17)27-8-13(19(29)23-20(27)30)14-6-16(33-25-14)11-2-4-12(21)5-3-11/h2-6,8,15,17-18H,7,9H2,1H3,(H,23,29,30)/t15-,17+,18+/m0/s1.